The summed E-state index contributed by atoms with van der Waals surface area (Å²) in [6, 6.07) is 0. The number of ether oxygens (including phenoxy) is 5. The van der Waals surface area contributed by atoms with Crippen LogP contribution in [-0.2, 0) is 23.7 Å². The second kappa shape index (κ2) is 16.3. The fraction of sp³-hybridized carbons (Fsp3) is 0.938. The molecule has 7 nitrogen and oxygen atoms in total. The van der Waals surface area contributed by atoms with Gasteiger partial charge in [0.1, 0.15) is 5.60 Å². The van der Waals surface area contributed by atoms with Gasteiger partial charge in [0.2, 0.25) is 0 Å². The molecule has 0 aromatic carbocycles. The second-order valence-corrected chi connectivity index (χ2v) is 7.00. The van der Waals surface area contributed by atoms with E-state index >= 15 is 0 Å². The van der Waals surface area contributed by atoms with Gasteiger partial charge in [0, 0.05) is 17.6 Å². The van der Waals surface area contributed by atoms with Gasteiger partial charge in [-0.15, -0.1) is 0 Å². The number of halogens is 1. The van der Waals surface area contributed by atoms with Crippen molar-refractivity contribution in [3.8, 4) is 0 Å². The Morgan fingerprint density at radius 2 is 1.29 bits per heavy atom. The third kappa shape index (κ3) is 19.9. The first-order chi connectivity index (χ1) is 11.5. The third-order valence-electron chi connectivity index (χ3n) is 2.45. The Labute approximate surface area is 159 Å². The lowest BCUT2D eigenvalue weighted by Crippen LogP contribution is -2.34. The first kappa shape index (κ1) is 23.8. The maximum absolute atomic E-state index is 11.4. The molecule has 0 atom stereocenters. The molecule has 0 aromatic heterocycles. The highest BCUT2D eigenvalue weighted by atomic mass is 127. The number of alkyl halides is 1. The molecule has 0 heterocycles. The summed E-state index contributed by atoms with van der Waals surface area (Å²) in [4.78, 5) is 11.4. The summed E-state index contributed by atoms with van der Waals surface area (Å²) in [7, 11) is 0. The van der Waals surface area contributed by atoms with Crippen LogP contribution in [0.3, 0.4) is 0 Å². The van der Waals surface area contributed by atoms with E-state index in [-0.39, 0.29) is 0 Å². The number of rotatable bonds is 15. The molecule has 0 saturated carbocycles. The number of carbonyl (C=O) groups excluding carboxylic acids is 1. The van der Waals surface area contributed by atoms with Crippen molar-refractivity contribution in [1.29, 1.82) is 0 Å². The molecule has 1 amide bonds. The van der Waals surface area contributed by atoms with Gasteiger partial charge in [0.15, 0.2) is 0 Å². The zero-order valence-electron chi connectivity index (χ0n) is 15.1. The molecule has 0 aliphatic heterocycles. The van der Waals surface area contributed by atoms with E-state index in [0.717, 1.165) is 17.5 Å². The lowest BCUT2D eigenvalue weighted by Gasteiger charge is -2.19. The molecule has 0 aliphatic rings. The number of hydrogen-bond acceptors (Lipinski definition) is 6. The van der Waals surface area contributed by atoms with Crippen molar-refractivity contribution >= 4 is 28.7 Å². The van der Waals surface area contributed by atoms with Crippen LogP contribution < -0.4 is 5.32 Å². The van der Waals surface area contributed by atoms with Crippen molar-refractivity contribution in [3.63, 3.8) is 0 Å². The fourth-order valence-corrected chi connectivity index (χ4v) is 1.77. The van der Waals surface area contributed by atoms with Crippen LogP contribution in [0, 0.1) is 0 Å². The van der Waals surface area contributed by atoms with Crippen molar-refractivity contribution in [2.24, 2.45) is 0 Å². The van der Waals surface area contributed by atoms with Crippen molar-refractivity contribution in [1.82, 2.24) is 5.32 Å². The van der Waals surface area contributed by atoms with Crippen LogP contribution >= 0.6 is 22.6 Å². The van der Waals surface area contributed by atoms with E-state index in [2.05, 4.69) is 27.9 Å². The molecule has 0 unspecified atom stereocenters. The van der Waals surface area contributed by atoms with Gasteiger partial charge in [-0.1, -0.05) is 22.6 Å². The molecular weight excluding hydrogens is 429 g/mol. The van der Waals surface area contributed by atoms with Gasteiger partial charge in [0.25, 0.3) is 0 Å². The summed E-state index contributed by atoms with van der Waals surface area (Å²) in [5.41, 5.74) is -0.484. The Bertz CT molecular complexity index is 299. The van der Waals surface area contributed by atoms with E-state index in [9.17, 15) is 4.79 Å². The van der Waals surface area contributed by atoms with Crippen LogP contribution in [0.15, 0.2) is 0 Å². The topological polar surface area (TPSA) is 75.3 Å². The molecule has 24 heavy (non-hydrogen) atoms. The van der Waals surface area contributed by atoms with E-state index in [1.807, 2.05) is 20.8 Å². The van der Waals surface area contributed by atoms with Gasteiger partial charge in [-0.25, -0.2) is 4.79 Å². The monoisotopic (exact) mass is 461 g/mol. The molecule has 0 aliphatic carbocycles. The number of alkyl carbamates (subject to hydrolysis) is 1. The van der Waals surface area contributed by atoms with Gasteiger partial charge in [-0.05, 0) is 27.2 Å². The van der Waals surface area contributed by atoms with E-state index < -0.39 is 11.7 Å². The number of amides is 1. The molecule has 0 rings (SSSR count). The minimum atomic E-state index is -0.484. The Balaban J connectivity index is 3.14. The number of carbonyl (C=O) groups is 1. The van der Waals surface area contributed by atoms with E-state index in [0.29, 0.717) is 52.8 Å². The molecule has 0 radical (unpaired) electrons. The zero-order valence-corrected chi connectivity index (χ0v) is 17.3. The van der Waals surface area contributed by atoms with E-state index in [1.165, 1.54) is 0 Å². The Kier molecular flexibility index (Phi) is 16.2. The standard InChI is InChI=1S/C16H32INO6/c1-16(2,3)24-15(19)18-6-8-21-10-12-23-14-13-22-11-9-20-7-4-5-17/h4-14H2,1-3H3,(H,18,19). The van der Waals surface area contributed by atoms with Crippen molar-refractivity contribution < 1.29 is 28.5 Å². The number of nitrogens with one attached hydrogen (secondary N) is 1. The summed E-state index contributed by atoms with van der Waals surface area (Å²) >= 11 is 2.33. The van der Waals surface area contributed by atoms with Crippen LogP contribution in [0.4, 0.5) is 4.79 Å². The maximum Gasteiger partial charge on any atom is 0.407 e. The average Bonchev–Trinajstić information content (AvgIpc) is 2.49. The summed E-state index contributed by atoms with van der Waals surface area (Å²) in [6.07, 6.45) is 0.648. The second-order valence-electron chi connectivity index (χ2n) is 5.92. The van der Waals surface area contributed by atoms with Gasteiger partial charge in [0.05, 0.1) is 46.2 Å². The van der Waals surface area contributed by atoms with E-state index in [4.69, 9.17) is 23.7 Å². The largest absolute Gasteiger partial charge is 0.444 e. The summed E-state index contributed by atoms with van der Waals surface area (Å²) in [6.45, 7) is 10.4. The Morgan fingerprint density at radius 3 is 1.75 bits per heavy atom. The highest BCUT2D eigenvalue weighted by Gasteiger charge is 2.15. The predicted molar refractivity (Wildman–Crippen MR) is 101 cm³/mol. The van der Waals surface area contributed by atoms with Crippen LogP contribution in [-0.4, -0.2) is 75.5 Å². The van der Waals surface area contributed by atoms with Gasteiger partial charge in [-0.2, -0.15) is 0 Å². The average molecular weight is 461 g/mol. The maximum atomic E-state index is 11.4. The van der Waals surface area contributed by atoms with Crippen molar-refractivity contribution in [3.05, 3.63) is 0 Å². The fourth-order valence-electron chi connectivity index (χ4n) is 1.46. The first-order valence-electron chi connectivity index (χ1n) is 8.29. The molecule has 8 heteroatoms. The minimum absolute atomic E-state index is 0.412. The Hall–Kier alpha value is -0.160. The molecule has 0 saturated heterocycles. The van der Waals surface area contributed by atoms with Crippen LogP contribution in [0.5, 0.6) is 0 Å². The summed E-state index contributed by atoms with van der Waals surface area (Å²) in [5.74, 6) is 0. The third-order valence-corrected chi connectivity index (χ3v) is 3.22. The highest BCUT2D eigenvalue weighted by Crippen LogP contribution is 2.05. The normalized spacial score (nSPS) is 11.5. The summed E-state index contributed by atoms with van der Waals surface area (Å²) in [5, 5.41) is 2.62. The smallest absolute Gasteiger partial charge is 0.407 e. The minimum Gasteiger partial charge on any atom is -0.444 e. The van der Waals surface area contributed by atoms with Crippen molar-refractivity contribution in [2.45, 2.75) is 32.8 Å². The molecular formula is C16H32INO6. The number of hydrogen-bond donors (Lipinski definition) is 1. The molecule has 0 bridgehead atoms. The first-order valence-corrected chi connectivity index (χ1v) is 9.82. The quantitative estimate of drug-likeness (QED) is 0.229. The molecule has 144 valence electrons. The highest BCUT2D eigenvalue weighted by molar-refractivity contribution is 14.1. The predicted octanol–water partition coefficient (Wildman–Crippen LogP) is 2.40. The molecule has 0 spiro atoms. The summed E-state index contributed by atoms with van der Waals surface area (Å²) < 4.78 is 27.7. The van der Waals surface area contributed by atoms with Crippen LogP contribution in [0.1, 0.15) is 27.2 Å². The van der Waals surface area contributed by atoms with Crippen molar-refractivity contribution in [2.75, 3.05) is 63.8 Å². The molecule has 0 aromatic rings. The molecule has 0 fully saturated rings. The van der Waals surface area contributed by atoms with Crippen LogP contribution in [0.25, 0.3) is 0 Å². The lowest BCUT2D eigenvalue weighted by atomic mass is 10.2. The zero-order chi connectivity index (χ0) is 18.1. The lowest BCUT2D eigenvalue weighted by molar-refractivity contribution is -0.00162. The van der Waals surface area contributed by atoms with E-state index in [1.54, 1.807) is 0 Å². The van der Waals surface area contributed by atoms with Gasteiger partial charge in [-0.3, -0.25) is 0 Å². The van der Waals surface area contributed by atoms with Crippen LogP contribution in [0.2, 0.25) is 0 Å². The Morgan fingerprint density at radius 1 is 0.833 bits per heavy atom. The molecule has 1 N–H and O–H groups in total. The van der Waals surface area contributed by atoms with Gasteiger partial charge < -0.3 is 29.0 Å². The van der Waals surface area contributed by atoms with Gasteiger partial charge >= 0.3 is 6.09 Å². The SMILES string of the molecule is CC(C)(C)OC(=O)NCCOCCOCCOCCOCCCI.